The van der Waals surface area contributed by atoms with E-state index < -0.39 is 0 Å². The van der Waals surface area contributed by atoms with E-state index in [4.69, 9.17) is 11.6 Å². The molecule has 1 aromatic carbocycles. The Kier molecular flexibility index (Phi) is 3.13. The Hall–Kier alpha value is -2.00. The topological polar surface area (TPSA) is 29.3 Å². The smallest absolute Gasteiger partial charge is 0.137 e. The summed E-state index contributed by atoms with van der Waals surface area (Å²) in [5.41, 5.74) is 4.07. The molecular weight excluding hydrogens is 258 g/mol. The number of anilines is 1. The van der Waals surface area contributed by atoms with Gasteiger partial charge in [-0.1, -0.05) is 29.8 Å². The molecule has 0 aliphatic rings. The lowest BCUT2D eigenvalue weighted by Gasteiger charge is -2.05. The first-order valence-electron chi connectivity index (χ1n) is 6.16. The lowest BCUT2D eigenvalue weighted by molar-refractivity contribution is 1.06. The molecule has 0 bridgehead atoms. The monoisotopic (exact) mass is 271 g/mol. The van der Waals surface area contributed by atoms with Crippen LogP contribution in [0.15, 0.2) is 48.7 Å². The van der Waals surface area contributed by atoms with E-state index in [1.165, 1.54) is 5.69 Å². The Morgan fingerprint density at radius 2 is 2.00 bits per heavy atom. The van der Waals surface area contributed by atoms with Gasteiger partial charge >= 0.3 is 0 Å². The van der Waals surface area contributed by atoms with Crippen molar-refractivity contribution in [3.8, 4) is 0 Å². The molecule has 96 valence electrons. The first-order chi connectivity index (χ1) is 9.24. The van der Waals surface area contributed by atoms with Crippen LogP contribution in [0.25, 0.3) is 5.65 Å². The molecule has 3 aromatic rings. The van der Waals surface area contributed by atoms with Crippen LogP contribution in [-0.2, 0) is 6.54 Å². The van der Waals surface area contributed by atoms with Crippen molar-refractivity contribution in [2.75, 3.05) is 5.32 Å². The van der Waals surface area contributed by atoms with Gasteiger partial charge in [-0.3, -0.25) is 0 Å². The summed E-state index contributed by atoms with van der Waals surface area (Å²) in [6.07, 6.45) is 2.05. The summed E-state index contributed by atoms with van der Waals surface area (Å²) in [6.45, 7) is 2.73. The van der Waals surface area contributed by atoms with Gasteiger partial charge in [-0.25, -0.2) is 4.98 Å². The second kappa shape index (κ2) is 4.94. The molecule has 0 saturated carbocycles. The third kappa shape index (κ3) is 2.42. The Bertz CT molecular complexity index is 718. The summed E-state index contributed by atoms with van der Waals surface area (Å²) >= 11 is 6.11. The van der Waals surface area contributed by atoms with E-state index in [1.807, 2.05) is 36.4 Å². The summed E-state index contributed by atoms with van der Waals surface area (Å²) in [6, 6.07) is 13.8. The molecule has 1 N–H and O–H groups in total. The number of benzene rings is 1. The predicted molar refractivity (Wildman–Crippen MR) is 78.7 cm³/mol. The van der Waals surface area contributed by atoms with E-state index in [2.05, 4.69) is 33.9 Å². The fourth-order valence-electron chi connectivity index (χ4n) is 2.07. The van der Waals surface area contributed by atoms with Crippen molar-refractivity contribution in [3.63, 3.8) is 0 Å². The molecule has 3 nitrogen and oxygen atoms in total. The molecule has 0 spiro atoms. The van der Waals surface area contributed by atoms with Gasteiger partial charge < -0.3 is 9.72 Å². The number of nitrogens with one attached hydrogen (secondary N) is 1. The number of hydrogen-bond acceptors (Lipinski definition) is 2. The molecule has 0 unspecified atom stereocenters. The molecule has 19 heavy (non-hydrogen) atoms. The highest BCUT2D eigenvalue weighted by molar-refractivity contribution is 6.33. The lowest BCUT2D eigenvalue weighted by atomic mass is 10.3. The van der Waals surface area contributed by atoms with Gasteiger partial charge in [0, 0.05) is 11.9 Å². The van der Waals surface area contributed by atoms with Crippen molar-refractivity contribution in [1.82, 2.24) is 9.38 Å². The van der Waals surface area contributed by atoms with Crippen molar-refractivity contribution in [2.45, 2.75) is 13.5 Å². The molecule has 0 atom stereocenters. The number of hydrogen-bond donors (Lipinski definition) is 1. The van der Waals surface area contributed by atoms with E-state index in [9.17, 15) is 0 Å². The van der Waals surface area contributed by atoms with Crippen LogP contribution in [0.4, 0.5) is 5.69 Å². The van der Waals surface area contributed by atoms with Gasteiger partial charge in [0.1, 0.15) is 5.65 Å². The molecule has 0 aliphatic heterocycles. The van der Waals surface area contributed by atoms with Crippen molar-refractivity contribution < 1.29 is 0 Å². The minimum absolute atomic E-state index is 0.658. The molecule has 3 rings (SSSR count). The van der Waals surface area contributed by atoms with Crippen molar-refractivity contribution in [1.29, 1.82) is 0 Å². The highest BCUT2D eigenvalue weighted by atomic mass is 35.5. The number of halogens is 1. The molecule has 0 amide bonds. The third-order valence-electron chi connectivity index (χ3n) is 3.08. The SMILES string of the molecule is Cc1cccc2nc(CNc3ccccc3Cl)cn12. The zero-order valence-corrected chi connectivity index (χ0v) is 11.4. The van der Waals surface area contributed by atoms with E-state index in [0.717, 1.165) is 22.1 Å². The lowest BCUT2D eigenvalue weighted by Crippen LogP contribution is -1.99. The summed E-state index contributed by atoms with van der Waals surface area (Å²) in [5, 5.41) is 4.03. The molecule has 0 aliphatic carbocycles. The normalized spacial score (nSPS) is 10.8. The highest BCUT2D eigenvalue weighted by Gasteiger charge is 2.04. The van der Waals surface area contributed by atoms with Crippen LogP contribution in [0.2, 0.25) is 5.02 Å². The van der Waals surface area contributed by atoms with Gasteiger partial charge in [0.2, 0.25) is 0 Å². The number of rotatable bonds is 3. The van der Waals surface area contributed by atoms with Gasteiger partial charge in [0.05, 0.1) is 22.9 Å². The number of aryl methyl sites for hydroxylation is 1. The van der Waals surface area contributed by atoms with Gasteiger partial charge in [0.25, 0.3) is 0 Å². The van der Waals surface area contributed by atoms with Crippen LogP contribution in [0.5, 0.6) is 0 Å². The number of pyridine rings is 1. The quantitative estimate of drug-likeness (QED) is 0.783. The Morgan fingerprint density at radius 1 is 1.16 bits per heavy atom. The standard InChI is InChI=1S/C15H14ClN3/c1-11-5-4-8-15-18-12(10-19(11)15)9-17-14-7-3-2-6-13(14)16/h2-8,10,17H,9H2,1H3. The molecule has 0 saturated heterocycles. The minimum Gasteiger partial charge on any atom is -0.378 e. The molecule has 0 radical (unpaired) electrons. The van der Waals surface area contributed by atoms with E-state index >= 15 is 0 Å². The maximum Gasteiger partial charge on any atom is 0.137 e. The maximum atomic E-state index is 6.11. The van der Waals surface area contributed by atoms with Gasteiger partial charge in [0.15, 0.2) is 0 Å². The van der Waals surface area contributed by atoms with Gasteiger partial charge in [-0.05, 0) is 31.2 Å². The Balaban J connectivity index is 1.83. The predicted octanol–water partition coefficient (Wildman–Crippen LogP) is 3.91. The largest absolute Gasteiger partial charge is 0.378 e. The first kappa shape index (κ1) is 12.1. The van der Waals surface area contributed by atoms with Crippen molar-refractivity contribution in [3.05, 3.63) is 65.1 Å². The third-order valence-corrected chi connectivity index (χ3v) is 3.41. The minimum atomic E-state index is 0.658. The van der Waals surface area contributed by atoms with Crippen LogP contribution < -0.4 is 5.32 Å². The van der Waals surface area contributed by atoms with E-state index in [0.29, 0.717) is 6.54 Å². The summed E-state index contributed by atoms with van der Waals surface area (Å²) < 4.78 is 2.09. The second-order valence-electron chi connectivity index (χ2n) is 4.46. The van der Waals surface area contributed by atoms with Crippen LogP contribution in [0.1, 0.15) is 11.4 Å². The molecule has 2 heterocycles. The van der Waals surface area contributed by atoms with Crippen molar-refractivity contribution in [2.24, 2.45) is 0 Å². The van der Waals surface area contributed by atoms with Crippen LogP contribution in [-0.4, -0.2) is 9.38 Å². The van der Waals surface area contributed by atoms with Crippen molar-refractivity contribution >= 4 is 22.9 Å². The first-order valence-corrected chi connectivity index (χ1v) is 6.54. The van der Waals surface area contributed by atoms with Gasteiger partial charge in [-0.2, -0.15) is 0 Å². The highest BCUT2D eigenvalue weighted by Crippen LogP contribution is 2.21. The molecular formula is C15H14ClN3. The zero-order chi connectivity index (χ0) is 13.2. The number of nitrogens with zero attached hydrogens (tertiary/aromatic N) is 2. The average Bonchev–Trinajstić information content (AvgIpc) is 2.82. The number of fused-ring (bicyclic) bond motifs is 1. The van der Waals surface area contributed by atoms with Crippen LogP contribution >= 0.6 is 11.6 Å². The fraction of sp³-hybridized carbons (Fsp3) is 0.133. The maximum absolute atomic E-state index is 6.11. The summed E-state index contributed by atoms with van der Waals surface area (Å²) in [5.74, 6) is 0. The van der Waals surface area contributed by atoms with E-state index in [1.54, 1.807) is 0 Å². The summed E-state index contributed by atoms with van der Waals surface area (Å²) in [4.78, 5) is 4.58. The number of aromatic nitrogens is 2. The Morgan fingerprint density at radius 3 is 2.79 bits per heavy atom. The Labute approximate surface area is 116 Å². The molecule has 4 heteroatoms. The number of para-hydroxylation sites is 1. The summed E-state index contributed by atoms with van der Waals surface area (Å²) in [7, 11) is 0. The van der Waals surface area contributed by atoms with E-state index in [-0.39, 0.29) is 0 Å². The van der Waals surface area contributed by atoms with Crippen LogP contribution in [0.3, 0.4) is 0 Å². The zero-order valence-electron chi connectivity index (χ0n) is 10.6. The molecule has 2 aromatic heterocycles. The van der Waals surface area contributed by atoms with Crippen LogP contribution in [0, 0.1) is 6.92 Å². The fourth-order valence-corrected chi connectivity index (χ4v) is 2.28. The van der Waals surface area contributed by atoms with Gasteiger partial charge in [-0.15, -0.1) is 0 Å². The average molecular weight is 272 g/mol. The molecule has 0 fully saturated rings. The second-order valence-corrected chi connectivity index (χ2v) is 4.87. The number of imidazole rings is 1.